The van der Waals surface area contributed by atoms with Crippen LogP contribution in [0.4, 0.5) is 0 Å². The average molecular weight is 338 g/mol. The number of hydrogen-bond acceptors (Lipinski definition) is 4. The van der Waals surface area contributed by atoms with Gasteiger partial charge >= 0.3 is 0 Å². The number of aromatic nitrogens is 1. The van der Waals surface area contributed by atoms with E-state index >= 15 is 0 Å². The van der Waals surface area contributed by atoms with Crippen molar-refractivity contribution < 1.29 is 4.42 Å². The zero-order chi connectivity index (χ0) is 10.1. The molecule has 0 radical (unpaired) electrons. The van der Waals surface area contributed by atoms with Gasteiger partial charge in [-0.05, 0) is 37.9 Å². The minimum Gasteiger partial charge on any atom is -0.443 e. The summed E-state index contributed by atoms with van der Waals surface area (Å²) >= 11 is 8.46. The monoisotopic (exact) mass is 336 g/mol. The fraction of sp³-hybridized carbons (Fsp3) is 0.125. The Morgan fingerprint density at radius 2 is 2.29 bits per heavy atom. The first-order chi connectivity index (χ1) is 6.72. The minimum atomic E-state index is 0.381. The lowest BCUT2D eigenvalue weighted by atomic mass is 10.2. The normalized spacial score (nSPS) is 10.8. The number of halogens is 2. The van der Waals surface area contributed by atoms with Crippen LogP contribution in [0.3, 0.4) is 0 Å². The number of nitrogens with zero attached hydrogens (tertiary/aromatic N) is 1. The molecule has 74 valence electrons. The van der Waals surface area contributed by atoms with Crippen molar-refractivity contribution in [2.75, 3.05) is 0 Å². The van der Waals surface area contributed by atoms with Gasteiger partial charge in [0.05, 0.1) is 7.57 Å². The molecule has 0 unspecified atom stereocenters. The molecule has 2 aromatic rings. The lowest BCUT2D eigenvalue weighted by Gasteiger charge is -1.95. The SMILES string of the molecule is NCc1ncoc1-c1cc(Br)sc1Br. The predicted molar refractivity (Wildman–Crippen MR) is 63.1 cm³/mol. The molecule has 0 amide bonds. The maximum atomic E-state index is 5.54. The van der Waals surface area contributed by atoms with Gasteiger partial charge in [-0.1, -0.05) is 0 Å². The summed E-state index contributed by atoms with van der Waals surface area (Å²) in [5, 5.41) is 0. The molecule has 0 saturated heterocycles. The largest absolute Gasteiger partial charge is 0.443 e. The van der Waals surface area contributed by atoms with Crippen LogP contribution in [-0.4, -0.2) is 4.98 Å². The highest BCUT2D eigenvalue weighted by molar-refractivity contribution is 9.12. The predicted octanol–water partition coefficient (Wildman–Crippen LogP) is 3.39. The van der Waals surface area contributed by atoms with Crippen molar-refractivity contribution in [3.8, 4) is 11.3 Å². The molecule has 0 spiro atoms. The Kier molecular flexibility index (Phi) is 3.06. The van der Waals surface area contributed by atoms with Crippen LogP contribution in [0, 0.1) is 0 Å². The molecule has 0 aliphatic carbocycles. The summed E-state index contributed by atoms with van der Waals surface area (Å²) in [5.74, 6) is 0.737. The summed E-state index contributed by atoms with van der Waals surface area (Å²) in [4.78, 5) is 4.04. The van der Waals surface area contributed by atoms with Crippen LogP contribution < -0.4 is 5.73 Å². The average Bonchev–Trinajstić information content (AvgIpc) is 2.71. The van der Waals surface area contributed by atoms with Gasteiger partial charge in [0.1, 0.15) is 5.69 Å². The van der Waals surface area contributed by atoms with Crippen molar-refractivity contribution in [3.05, 3.63) is 25.7 Å². The Balaban J connectivity index is 2.53. The molecule has 0 bridgehead atoms. The summed E-state index contributed by atoms with van der Waals surface area (Å²) < 4.78 is 7.35. The number of rotatable bonds is 2. The van der Waals surface area contributed by atoms with E-state index in [1.807, 2.05) is 6.07 Å². The van der Waals surface area contributed by atoms with E-state index in [9.17, 15) is 0 Å². The number of hydrogen-bond donors (Lipinski definition) is 1. The Labute approximate surface area is 102 Å². The molecule has 2 heterocycles. The van der Waals surface area contributed by atoms with Crippen molar-refractivity contribution in [2.24, 2.45) is 5.73 Å². The third kappa shape index (κ3) is 1.79. The highest BCUT2D eigenvalue weighted by Gasteiger charge is 2.15. The first-order valence-corrected chi connectivity index (χ1v) is 6.20. The molecule has 3 nitrogen and oxygen atoms in total. The molecule has 0 aliphatic heterocycles. The van der Waals surface area contributed by atoms with Gasteiger partial charge in [0.15, 0.2) is 12.2 Å². The fourth-order valence-electron chi connectivity index (χ4n) is 1.13. The molecule has 2 aromatic heterocycles. The Morgan fingerprint density at radius 1 is 1.50 bits per heavy atom. The van der Waals surface area contributed by atoms with Crippen molar-refractivity contribution in [2.45, 2.75) is 6.54 Å². The van der Waals surface area contributed by atoms with Gasteiger partial charge in [-0.3, -0.25) is 0 Å². The highest BCUT2D eigenvalue weighted by atomic mass is 79.9. The van der Waals surface area contributed by atoms with Crippen LogP contribution in [0.15, 0.2) is 24.4 Å². The van der Waals surface area contributed by atoms with Gasteiger partial charge < -0.3 is 10.2 Å². The van der Waals surface area contributed by atoms with E-state index in [1.165, 1.54) is 6.39 Å². The number of nitrogens with two attached hydrogens (primary N) is 1. The first-order valence-electron chi connectivity index (χ1n) is 3.80. The highest BCUT2D eigenvalue weighted by Crippen LogP contribution is 2.39. The van der Waals surface area contributed by atoms with E-state index in [2.05, 4.69) is 36.8 Å². The van der Waals surface area contributed by atoms with Crippen LogP contribution in [0.2, 0.25) is 0 Å². The zero-order valence-electron chi connectivity index (χ0n) is 6.96. The lowest BCUT2D eigenvalue weighted by Crippen LogP contribution is -1.97. The Morgan fingerprint density at radius 3 is 2.86 bits per heavy atom. The standard InChI is InChI=1S/C8H6Br2N2OS/c9-6-1-4(8(10)14-6)7-5(2-11)12-3-13-7/h1,3H,2,11H2. The second kappa shape index (κ2) is 4.14. The second-order valence-electron chi connectivity index (χ2n) is 2.57. The lowest BCUT2D eigenvalue weighted by molar-refractivity contribution is 0.571. The fourth-order valence-corrected chi connectivity index (χ4v) is 3.92. The van der Waals surface area contributed by atoms with E-state index in [0.29, 0.717) is 6.54 Å². The van der Waals surface area contributed by atoms with Crippen LogP contribution in [-0.2, 0) is 6.54 Å². The van der Waals surface area contributed by atoms with Gasteiger partial charge in [0.2, 0.25) is 0 Å². The minimum absolute atomic E-state index is 0.381. The molecule has 6 heteroatoms. The van der Waals surface area contributed by atoms with E-state index in [4.69, 9.17) is 10.2 Å². The van der Waals surface area contributed by atoms with Crippen molar-refractivity contribution in [1.82, 2.24) is 4.98 Å². The molecular weight excluding hydrogens is 332 g/mol. The molecule has 2 rings (SSSR count). The summed E-state index contributed by atoms with van der Waals surface area (Å²) in [6, 6.07) is 1.98. The smallest absolute Gasteiger partial charge is 0.181 e. The topological polar surface area (TPSA) is 52.0 Å². The van der Waals surface area contributed by atoms with E-state index < -0.39 is 0 Å². The van der Waals surface area contributed by atoms with Gasteiger partial charge in [-0.25, -0.2) is 4.98 Å². The molecule has 2 N–H and O–H groups in total. The molecule has 0 atom stereocenters. The molecule has 0 aliphatic rings. The third-order valence-electron chi connectivity index (χ3n) is 1.74. The summed E-state index contributed by atoms with van der Waals surface area (Å²) in [5.41, 5.74) is 7.30. The quantitative estimate of drug-likeness (QED) is 0.913. The van der Waals surface area contributed by atoms with Gasteiger partial charge in [0, 0.05) is 12.1 Å². The maximum absolute atomic E-state index is 5.54. The number of oxazole rings is 1. The van der Waals surface area contributed by atoms with Crippen molar-refractivity contribution in [1.29, 1.82) is 0 Å². The van der Waals surface area contributed by atoms with Crippen LogP contribution >= 0.6 is 43.2 Å². The molecule has 14 heavy (non-hydrogen) atoms. The number of thiophene rings is 1. The van der Waals surface area contributed by atoms with Gasteiger partial charge in [-0.15, -0.1) is 11.3 Å². The van der Waals surface area contributed by atoms with Gasteiger partial charge in [-0.2, -0.15) is 0 Å². The molecular formula is C8H6Br2N2OS. The Bertz CT molecular complexity index is 452. The molecule has 0 saturated carbocycles. The summed E-state index contributed by atoms with van der Waals surface area (Å²) in [6.07, 6.45) is 1.41. The van der Waals surface area contributed by atoms with Crippen LogP contribution in [0.25, 0.3) is 11.3 Å². The molecule has 0 aromatic carbocycles. The van der Waals surface area contributed by atoms with E-state index in [1.54, 1.807) is 11.3 Å². The second-order valence-corrected chi connectivity index (χ2v) is 6.32. The zero-order valence-corrected chi connectivity index (χ0v) is 10.9. The Hall–Kier alpha value is -0.170. The third-order valence-corrected chi connectivity index (χ3v) is 4.08. The van der Waals surface area contributed by atoms with E-state index in [-0.39, 0.29) is 0 Å². The molecule has 0 fully saturated rings. The van der Waals surface area contributed by atoms with Crippen LogP contribution in [0.1, 0.15) is 5.69 Å². The first kappa shape index (κ1) is 10.4. The van der Waals surface area contributed by atoms with Crippen molar-refractivity contribution >= 4 is 43.2 Å². The summed E-state index contributed by atoms with van der Waals surface area (Å²) in [6.45, 7) is 0.381. The maximum Gasteiger partial charge on any atom is 0.181 e. The van der Waals surface area contributed by atoms with E-state index in [0.717, 1.165) is 24.6 Å². The van der Waals surface area contributed by atoms with Crippen LogP contribution in [0.5, 0.6) is 0 Å². The summed E-state index contributed by atoms with van der Waals surface area (Å²) in [7, 11) is 0. The van der Waals surface area contributed by atoms with Crippen molar-refractivity contribution in [3.63, 3.8) is 0 Å². The van der Waals surface area contributed by atoms with Gasteiger partial charge in [0.25, 0.3) is 0 Å².